The summed E-state index contributed by atoms with van der Waals surface area (Å²) < 4.78 is 10.9. The van der Waals surface area contributed by atoms with Crippen LogP contribution < -0.4 is 15.4 Å². The third-order valence-electron chi connectivity index (χ3n) is 5.98. The number of hydrogen-bond acceptors (Lipinski definition) is 6. The number of hydrazone groups is 1. The lowest BCUT2D eigenvalue weighted by molar-refractivity contribution is -0.131. The lowest BCUT2D eigenvalue weighted by atomic mass is 10.0. The first-order valence-electron chi connectivity index (χ1n) is 11.3. The minimum Gasteiger partial charge on any atom is -0.497 e. The molecule has 1 aromatic heterocycles. The number of amides is 2. The highest BCUT2D eigenvalue weighted by atomic mass is 16.5. The van der Waals surface area contributed by atoms with Gasteiger partial charge in [-0.1, -0.05) is 12.1 Å². The van der Waals surface area contributed by atoms with Gasteiger partial charge < -0.3 is 19.8 Å². The normalized spacial score (nSPS) is 17.3. The topological polar surface area (TPSA) is 96.2 Å². The summed E-state index contributed by atoms with van der Waals surface area (Å²) in [5.74, 6) is 1.08. The number of carbonyl (C=O) groups is 2. The number of nitrogens with zero attached hydrogens (tertiary/aromatic N) is 2. The lowest BCUT2D eigenvalue weighted by Gasteiger charge is -2.20. The fraction of sp³-hybridized carbons (Fsp3) is 0.269. The summed E-state index contributed by atoms with van der Waals surface area (Å²) in [6, 6.07) is 18.4. The van der Waals surface area contributed by atoms with E-state index in [1.165, 1.54) is 5.01 Å². The molecule has 5 rings (SSSR count). The van der Waals surface area contributed by atoms with Crippen LogP contribution in [-0.4, -0.2) is 42.2 Å². The Morgan fingerprint density at radius 2 is 1.88 bits per heavy atom. The second kappa shape index (κ2) is 9.43. The molecule has 2 N–H and O–H groups in total. The molecule has 1 aliphatic heterocycles. The Morgan fingerprint density at radius 3 is 2.59 bits per heavy atom. The van der Waals surface area contributed by atoms with Crippen LogP contribution in [0.1, 0.15) is 47.0 Å². The number of anilines is 1. The number of nitrogens with one attached hydrogen (secondary N) is 2. The summed E-state index contributed by atoms with van der Waals surface area (Å²) >= 11 is 0. The van der Waals surface area contributed by atoms with Crippen molar-refractivity contribution in [1.82, 2.24) is 10.3 Å². The average molecular weight is 459 g/mol. The lowest BCUT2D eigenvalue weighted by Crippen LogP contribution is -2.33. The number of para-hydroxylation sites is 1. The molecule has 1 aliphatic carbocycles. The smallest absolute Gasteiger partial charge is 0.262 e. The first-order valence-corrected chi connectivity index (χ1v) is 11.3. The quantitative estimate of drug-likeness (QED) is 0.533. The van der Waals surface area contributed by atoms with Crippen molar-refractivity contribution < 1.29 is 18.7 Å². The predicted molar refractivity (Wildman–Crippen MR) is 128 cm³/mol. The average Bonchev–Trinajstić information content (AvgIpc) is 3.33. The van der Waals surface area contributed by atoms with Gasteiger partial charge in [0.2, 0.25) is 0 Å². The first-order chi connectivity index (χ1) is 16.6. The van der Waals surface area contributed by atoms with Crippen molar-refractivity contribution >= 4 is 23.2 Å². The van der Waals surface area contributed by atoms with E-state index in [0.29, 0.717) is 23.4 Å². The van der Waals surface area contributed by atoms with E-state index in [1.54, 1.807) is 31.6 Å². The summed E-state index contributed by atoms with van der Waals surface area (Å²) in [5, 5.41) is 12.2. The SMILES string of the molecule is COc1ccc(C2=NN(C(=O)CNc3ccccc3C(=O)NC3CC3)C(c3ccco3)C2)cc1. The molecule has 0 spiro atoms. The van der Waals surface area contributed by atoms with E-state index in [0.717, 1.165) is 29.9 Å². The molecular formula is C26H26N4O4. The molecule has 34 heavy (non-hydrogen) atoms. The van der Waals surface area contributed by atoms with E-state index in [9.17, 15) is 9.59 Å². The summed E-state index contributed by atoms with van der Waals surface area (Å²) in [5.41, 5.74) is 2.85. The van der Waals surface area contributed by atoms with E-state index in [4.69, 9.17) is 9.15 Å². The van der Waals surface area contributed by atoms with E-state index in [1.807, 2.05) is 42.5 Å². The minimum absolute atomic E-state index is 0.00960. The van der Waals surface area contributed by atoms with Crippen LogP contribution in [-0.2, 0) is 4.79 Å². The number of ether oxygens (including phenoxy) is 1. The van der Waals surface area contributed by atoms with Crippen molar-refractivity contribution in [2.24, 2.45) is 5.10 Å². The van der Waals surface area contributed by atoms with Crippen LogP contribution in [0.5, 0.6) is 5.75 Å². The summed E-state index contributed by atoms with van der Waals surface area (Å²) in [4.78, 5) is 25.8. The predicted octanol–water partition coefficient (Wildman–Crippen LogP) is 3.97. The number of carbonyl (C=O) groups excluding carboxylic acids is 2. The zero-order chi connectivity index (χ0) is 23.5. The van der Waals surface area contributed by atoms with Crippen LogP contribution in [0.4, 0.5) is 5.69 Å². The zero-order valence-electron chi connectivity index (χ0n) is 18.9. The molecule has 0 radical (unpaired) electrons. The summed E-state index contributed by atoms with van der Waals surface area (Å²) in [7, 11) is 1.62. The maximum Gasteiger partial charge on any atom is 0.262 e. The van der Waals surface area contributed by atoms with Crippen LogP contribution in [0.3, 0.4) is 0 Å². The maximum atomic E-state index is 13.3. The van der Waals surface area contributed by atoms with Crippen molar-refractivity contribution in [3.05, 3.63) is 83.8 Å². The van der Waals surface area contributed by atoms with Crippen LogP contribution in [0, 0.1) is 0 Å². The van der Waals surface area contributed by atoms with Gasteiger partial charge in [0, 0.05) is 18.2 Å². The maximum absolute atomic E-state index is 13.3. The molecule has 8 heteroatoms. The Bertz CT molecular complexity index is 1200. The van der Waals surface area contributed by atoms with E-state index >= 15 is 0 Å². The van der Waals surface area contributed by atoms with Gasteiger partial charge in [0.25, 0.3) is 11.8 Å². The van der Waals surface area contributed by atoms with Gasteiger partial charge >= 0.3 is 0 Å². The minimum atomic E-state index is -0.338. The Balaban J connectivity index is 1.33. The van der Waals surface area contributed by atoms with E-state index in [-0.39, 0.29) is 30.4 Å². The van der Waals surface area contributed by atoms with Gasteiger partial charge in [-0.3, -0.25) is 9.59 Å². The van der Waals surface area contributed by atoms with Gasteiger partial charge in [-0.15, -0.1) is 0 Å². The molecule has 1 saturated carbocycles. The molecule has 3 aromatic rings. The molecular weight excluding hydrogens is 432 g/mol. The standard InChI is InChI=1S/C26H26N4O4/c1-33-19-12-8-17(9-13-19)22-15-23(24-7-4-14-34-24)30(29-22)25(31)16-27-21-6-3-2-5-20(21)26(32)28-18-10-11-18/h2-9,12-14,18,23,27H,10-11,15-16H2,1H3,(H,28,32). The van der Waals surface area contributed by atoms with E-state index < -0.39 is 0 Å². The molecule has 1 unspecified atom stereocenters. The molecule has 1 fully saturated rings. The number of hydrogen-bond donors (Lipinski definition) is 2. The fourth-order valence-corrected chi connectivity index (χ4v) is 3.98. The van der Waals surface area contributed by atoms with Crippen LogP contribution in [0.15, 0.2) is 76.4 Å². The monoisotopic (exact) mass is 458 g/mol. The molecule has 1 atom stereocenters. The third-order valence-corrected chi connectivity index (χ3v) is 5.98. The van der Waals surface area contributed by atoms with Crippen LogP contribution in [0.25, 0.3) is 0 Å². The second-order valence-corrected chi connectivity index (χ2v) is 8.40. The molecule has 2 aromatic carbocycles. The number of methoxy groups -OCH3 is 1. The molecule has 8 nitrogen and oxygen atoms in total. The molecule has 2 amide bonds. The van der Waals surface area contributed by atoms with Crippen LogP contribution >= 0.6 is 0 Å². The van der Waals surface area contributed by atoms with Crippen molar-refractivity contribution in [2.75, 3.05) is 19.0 Å². The molecule has 0 bridgehead atoms. The Morgan fingerprint density at radius 1 is 1.09 bits per heavy atom. The number of rotatable bonds is 8. The van der Waals surface area contributed by atoms with Gasteiger partial charge in [-0.2, -0.15) is 5.10 Å². The second-order valence-electron chi connectivity index (χ2n) is 8.40. The van der Waals surface area contributed by atoms with Crippen molar-refractivity contribution in [3.63, 3.8) is 0 Å². The molecule has 2 heterocycles. The summed E-state index contributed by atoms with van der Waals surface area (Å²) in [6.07, 6.45) is 4.15. The molecule has 2 aliphatic rings. The van der Waals surface area contributed by atoms with Gasteiger partial charge in [0.05, 0.1) is 31.2 Å². The van der Waals surface area contributed by atoms with Gasteiger partial charge in [0.15, 0.2) is 0 Å². The van der Waals surface area contributed by atoms with Crippen LogP contribution in [0.2, 0.25) is 0 Å². The highest BCUT2D eigenvalue weighted by molar-refractivity contribution is 6.04. The Hall–Kier alpha value is -4.07. The first kappa shape index (κ1) is 21.8. The molecule has 0 saturated heterocycles. The number of furan rings is 1. The Labute approximate surface area is 197 Å². The largest absolute Gasteiger partial charge is 0.497 e. The summed E-state index contributed by atoms with van der Waals surface area (Å²) in [6.45, 7) is -0.00960. The molecule has 174 valence electrons. The zero-order valence-corrected chi connectivity index (χ0v) is 18.9. The number of benzene rings is 2. The van der Waals surface area contributed by atoms with Gasteiger partial charge in [-0.25, -0.2) is 5.01 Å². The third kappa shape index (κ3) is 4.66. The van der Waals surface area contributed by atoms with Crippen molar-refractivity contribution in [1.29, 1.82) is 0 Å². The van der Waals surface area contributed by atoms with E-state index in [2.05, 4.69) is 15.7 Å². The van der Waals surface area contributed by atoms with Gasteiger partial charge in [-0.05, 0) is 66.9 Å². The fourth-order valence-electron chi connectivity index (χ4n) is 3.98. The van der Waals surface area contributed by atoms with Gasteiger partial charge in [0.1, 0.15) is 17.6 Å². The Kier molecular flexibility index (Phi) is 6.03. The highest BCUT2D eigenvalue weighted by Crippen LogP contribution is 2.33. The highest BCUT2D eigenvalue weighted by Gasteiger charge is 2.35. The van der Waals surface area contributed by atoms with Crippen molar-refractivity contribution in [2.45, 2.75) is 31.3 Å². The van der Waals surface area contributed by atoms with Crippen molar-refractivity contribution in [3.8, 4) is 5.75 Å².